The summed E-state index contributed by atoms with van der Waals surface area (Å²) in [5.74, 6) is 2.13. The molecule has 0 unspecified atom stereocenters. The number of benzene rings is 1. The van der Waals surface area contributed by atoms with Crippen LogP contribution in [0.15, 0.2) is 33.6 Å². The van der Waals surface area contributed by atoms with Crippen molar-refractivity contribution in [3.05, 3.63) is 35.7 Å². The maximum absolute atomic E-state index is 12.2. The van der Waals surface area contributed by atoms with Crippen LogP contribution >= 0.6 is 11.5 Å². The zero-order valence-corrected chi connectivity index (χ0v) is 15.1. The molecule has 25 heavy (non-hydrogen) atoms. The number of piperazine rings is 1. The van der Waals surface area contributed by atoms with Crippen LogP contribution in [0, 0.1) is 0 Å². The van der Waals surface area contributed by atoms with Gasteiger partial charge in [-0.1, -0.05) is 12.1 Å². The molecule has 2 aliphatic heterocycles. The maximum atomic E-state index is 12.2. The van der Waals surface area contributed by atoms with Crippen molar-refractivity contribution in [1.29, 1.82) is 0 Å². The van der Waals surface area contributed by atoms with Crippen LogP contribution < -0.4 is 4.90 Å². The number of amidine groups is 1. The zero-order valence-electron chi connectivity index (χ0n) is 13.5. The molecule has 0 atom stereocenters. The number of nitrogens with zero attached hydrogens (tertiary/aromatic N) is 5. The lowest BCUT2D eigenvalue weighted by atomic mass is 10.1. The summed E-state index contributed by atoms with van der Waals surface area (Å²) in [5.41, 5.74) is 0.711. The molecule has 2 aromatic rings. The Morgan fingerprint density at radius 3 is 2.52 bits per heavy atom. The Labute approximate surface area is 150 Å². The fourth-order valence-corrected chi connectivity index (χ4v) is 5.31. The molecule has 1 saturated heterocycles. The van der Waals surface area contributed by atoms with E-state index in [1.54, 1.807) is 12.1 Å². The van der Waals surface area contributed by atoms with Gasteiger partial charge in [-0.25, -0.2) is 4.98 Å². The summed E-state index contributed by atoms with van der Waals surface area (Å²) in [6.45, 7) is 3.03. The van der Waals surface area contributed by atoms with Crippen molar-refractivity contribution >= 4 is 32.5 Å². The number of hydrogen-bond donors (Lipinski definition) is 0. The number of anilines is 1. The molecule has 3 aliphatic rings. The number of fused-ring (bicyclic) bond motifs is 1. The van der Waals surface area contributed by atoms with Crippen LogP contribution in [0.25, 0.3) is 0 Å². The van der Waals surface area contributed by atoms with Gasteiger partial charge >= 0.3 is 0 Å². The quantitative estimate of drug-likeness (QED) is 0.795. The van der Waals surface area contributed by atoms with Gasteiger partial charge in [0.05, 0.1) is 0 Å². The topological polar surface area (TPSA) is 78.8 Å². The van der Waals surface area contributed by atoms with Gasteiger partial charge in [0, 0.05) is 49.2 Å². The molecule has 0 amide bonds. The average molecular weight is 375 g/mol. The highest BCUT2D eigenvalue weighted by Gasteiger charge is 2.34. The first-order valence-corrected chi connectivity index (χ1v) is 10.6. The van der Waals surface area contributed by atoms with Crippen LogP contribution in [-0.2, 0) is 10.0 Å². The normalized spacial score (nSPS) is 22.0. The lowest BCUT2D eigenvalue weighted by molar-refractivity contribution is 0.387. The number of hydrogen-bond acceptors (Lipinski definition) is 7. The average Bonchev–Trinajstić information content (AvgIpc) is 3.29. The highest BCUT2D eigenvalue weighted by molar-refractivity contribution is 7.90. The summed E-state index contributed by atoms with van der Waals surface area (Å²) in [7, 11) is -3.56. The number of aromatic nitrogens is 2. The van der Waals surface area contributed by atoms with E-state index < -0.39 is 10.0 Å². The van der Waals surface area contributed by atoms with Crippen LogP contribution in [0.5, 0.6) is 0 Å². The van der Waals surface area contributed by atoms with E-state index in [4.69, 9.17) is 0 Å². The van der Waals surface area contributed by atoms with E-state index in [9.17, 15) is 8.42 Å². The van der Waals surface area contributed by atoms with Crippen molar-refractivity contribution < 1.29 is 8.42 Å². The Balaban J connectivity index is 1.33. The van der Waals surface area contributed by atoms with Gasteiger partial charge in [-0.05, 0) is 25.0 Å². The third-order valence-electron chi connectivity index (χ3n) is 4.84. The number of sulfonamides is 1. The van der Waals surface area contributed by atoms with Gasteiger partial charge in [0.15, 0.2) is 5.84 Å². The van der Waals surface area contributed by atoms with Crippen molar-refractivity contribution in [3.8, 4) is 0 Å². The van der Waals surface area contributed by atoms with Crippen LogP contribution in [0.4, 0.5) is 5.13 Å². The minimum absolute atomic E-state index is 0.311. The minimum Gasteiger partial charge on any atom is -0.352 e. The Kier molecular flexibility index (Phi) is 3.36. The van der Waals surface area contributed by atoms with Gasteiger partial charge in [0.2, 0.25) is 5.13 Å². The summed E-state index contributed by atoms with van der Waals surface area (Å²) < 4.78 is 32.9. The van der Waals surface area contributed by atoms with Crippen molar-refractivity contribution in [2.45, 2.75) is 23.7 Å². The van der Waals surface area contributed by atoms with E-state index >= 15 is 0 Å². The molecule has 5 rings (SSSR count). The Hall–Kier alpha value is -2.00. The van der Waals surface area contributed by atoms with Gasteiger partial charge in [-0.2, -0.15) is 12.8 Å². The third-order valence-corrected chi connectivity index (χ3v) is 6.95. The molecule has 1 saturated carbocycles. The second-order valence-corrected chi connectivity index (χ2v) is 8.87. The highest BCUT2D eigenvalue weighted by Crippen LogP contribution is 2.39. The third kappa shape index (κ3) is 2.62. The fraction of sp³-hybridized carbons (Fsp3) is 0.438. The van der Waals surface area contributed by atoms with E-state index in [1.807, 2.05) is 12.1 Å². The second-order valence-electron chi connectivity index (χ2n) is 6.57. The molecule has 9 heteroatoms. The van der Waals surface area contributed by atoms with Crippen LogP contribution in [0.1, 0.15) is 30.1 Å². The van der Waals surface area contributed by atoms with E-state index in [0.29, 0.717) is 22.2 Å². The summed E-state index contributed by atoms with van der Waals surface area (Å²) in [4.78, 5) is 9.27. The molecular formula is C16H17N5O2S2. The Morgan fingerprint density at radius 1 is 1.04 bits per heavy atom. The van der Waals surface area contributed by atoms with Crippen molar-refractivity contribution in [2.75, 3.05) is 31.1 Å². The fourth-order valence-electron chi connectivity index (χ4n) is 3.29. The smallest absolute Gasteiger partial charge is 0.285 e. The molecule has 1 aliphatic carbocycles. The number of rotatable bonds is 2. The van der Waals surface area contributed by atoms with E-state index in [-0.39, 0.29) is 0 Å². The molecule has 2 fully saturated rings. The minimum atomic E-state index is -3.56. The summed E-state index contributed by atoms with van der Waals surface area (Å²) in [6.07, 6.45) is 2.41. The van der Waals surface area contributed by atoms with Crippen molar-refractivity contribution in [1.82, 2.24) is 14.3 Å². The molecular weight excluding hydrogens is 358 g/mol. The van der Waals surface area contributed by atoms with E-state index in [0.717, 1.165) is 37.1 Å². The predicted molar refractivity (Wildman–Crippen MR) is 95.8 cm³/mol. The van der Waals surface area contributed by atoms with Gasteiger partial charge in [-0.3, -0.25) is 0 Å². The zero-order chi connectivity index (χ0) is 17.0. The molecule has 0 spiro atoms. The van der Waals surface area contributed by atoms with E-state index in [2.05, 4.69) is 23.6 Å². The Morgan fingerprint density at radius 2 is 1.76 bits per heavy atom. The van der Waals surface area contributed by atoms with Crippen LogP contribution in [-0.4, -0.2) is 54.7 Å². The van der Waals surface area contributed by atoms with Gasteiger partial charge in [0.25, 0.3) is 10.0 Å². The summed E-state index contributed by atoms with van der Waals surface area (Å²) in [5, 5.41) is 0.975. The van der Waals surface area contributed by atoms with Gasteiger partial charge in [0.1, 0.15) is 10.7 Å². The monoisotopic (exact) mass is 375 g/mol. The van der Waals surface area contributed by atoms with Crippen LogP contribution in [0.3, 0.4) is 0 Å². The lowest BCUT2D eigenvalue weighted by Gasteiger charge is -2.35. The van der Waals surface area contributed by atoms with Gasteiger partial charge in [-0.15, -0.1) is 4.40 Å². The molecule has 1 aromatic heterocycles. The maximum Gasteiger partial charge on any atom is 0.285 e. The van der Waals surface area contributed by atoms with Crippen LogP contribution in [0.2, 0.25) is 0 Å². The largest absolute Gasteiger partial charge is 0.352 e. The Bertz CT molecular complexity index is 956. The molecule has 1 aromatic carbocycles. The predicted octanol–water partition coefficient (Wildman–Crippen LogP) is 1.69. The lowest BCUT2D eigenvalue weighted by Crippen LogP contribution is -2.48. The van der Waals surface area contributed by atoms with Crippen molar-refractivity contribution in [2.24, 2.45) is 4.40 Å². The molecule has 0 radical (unpaired) electrons. The molecule has 0 N–H and O–H groups in total. The SMILES string of the molecule is O=S1(=O)N=C(N2CCN(c3nc(C4CC4)ns3)CC2)c2ccccc21. The second kappa shape index (κ2) is 5.50. The highest BCUT2D eigenvalue weighted by atomic mass is 32.2. The summed E-state index contributed by atoms with van der Waals surface area (Å²) >= 11 is 1.47. The van der Waals surface area contributed by atoms with Crippen molar-refractivity contribution in [3.63, 3.8) is 0 Å². The first-order valence-electron chi connectivity index (χ1n) is 8.40. The van der Waals surface area contributed by atoms with E-state index in [1.165, 1.54) is 24.4 Å². The standard InChI is InChI=1S/C16H17N5O2S2/c22-25(23)13-4-2-1-3-12(13)15(19-25)20-7-9-21(10-8-20)16-17-14(18-24-16)11-5-6-11/h1-4,11H,5-10H2. The first-order chi connectivity index (χ1) is 12.1. The summed E-state index contributed by atoms with van der Waals surface area (Å²) in [6, 6.07) is 7.04. The molecule has 7 nitrogen and oxygen atoms in total. The first kappa shape index (κ1) is 15.3. The molecule has 3 heterocycles. The molecule has 0 bridgehead atoms. The van der Waals surface area contributed by atoms with Gasteiger partial charge < -0.3 is 9.80 Å². The molecule has 130 valence electrons.